The number of fused-ring (bicyclic) bond motifs is 1. The zero-order valence-electron chi connectivity index (χ0n) is 19.5. The Kier molecular flexibility index (Phi) is 6.13. The van der Waals surface area contributed by atoms with Gasteiger partial charge in [-0.2, -0.15) is 0 Å². The number of rotatable bonds is 4. The molecule has 1 heterocycles. The fourth-order valence-corrected chi connectivity index (χ4v) is 4.91. The molecular weight excluding hydrogens is 398 g/mol. The van der Waals surface area contributed by atoms with E-state index >= 15 is 0 Å². The zero-order valence-corrected chi connectivity index (χ0v) is 19.5. The Labute approximate surface area is 191 Å². The van der Waals surface area contributed by atoms with Crippen molar-refractivity contribution in [3.05, 3.63) is 60.2 Å². The number of ketones is 1. The van der Waals surface area contributed by atoms with Gasteiger partial charge in [-0.15, -0.1) is 0 Å². The molecule has 2 aliphatic rings. The molecule has 170 valence electrons. The number of amides is 1. The standard InChI is InChI=1S/C27H35N3O2/c1-26(2,3)24(31)18-29-22-16-10-11-17-23(22)30(21-14-8-5-9-15-21)19-27(28,25(29)32)20-12-6-4-7-13-20/h4,6-7,10-13,16-17,21H,5,8-9,14-15,18-19,28H2,1-3H3. The fourth-order valence-electron chi connectivity index (χ4n) is 4.91. The minimum Gasteiger partial charge on any atom is -0.364 e. The number of nitrogens with two attached hydrogens (primary N) is 1. The highest BCUT2D eigenvalue weighted by molar-refractivity contribution is 6.08. The van der Waals surface area contributed by atoms with Crippen molar-refractivity contribution < 1.29 is 9.59 Å². The second-order valence-corrected chi connectivity index (χ2v) is 10.3. The molecule has 0 saturated heterocycles. The van der Waals surface area contributed by atoms with Gasteiger partial charge in [-0.25, -0.2) is 0 Å². The summed E-state index contributed by atoms with van der Waals surface area (Å²) in [4.78, 5) is 31.2. The normalized spacial score (nSPS) is 22.4. The van der Waals surface area contributed by atoms with E-state index < -0.39 is 11.0 Å². The van der Waals surface area contributed by atoms with E-state index in [0.717, 1.165) is 29.8 Å². The van der Waals surface area contributed by atoms with E-state index in [1.54, 1.807) is 4.90 Å². The van der Waals surface area contributed by atoms with Crippen LogP contribution in [-0.4, -0.2) is 30.8 Å². The topological polar surface area (TPSA) is 66.6 Å². The van der Waals surface area contributed by atoms with Crippen LogP contribution < -0.4 is 15.5 Å². The number of nitrogens with zero attached hydrogens (tertiary/aromatic N) is 2. The van der Waals surface area contributed by atoms with Crippen molar-refractivity contribution in [3.8, 4) is 0 Å². The van der Waals surface area contributed by atoms with Gasteiger partial charge in [0.25, 0.3) is 5.91 Å². The maximum Gasteiger partial charge on any atom is 0.254 e. The SMILES string of the molecule is CC(C)(C)C(=O)CN1C(=O)C(N)(c2ccccc2)CN(C2CCCCC2)c2ccccc21. The summed E-state index contributed by atoms with van der Waals surface area (Å²) in [6, 6.07) is 17.9. The molecule has 2 aromatic carbocycles. The van der Waals surface area contributed by atoms with Crippen LogP contribution >= 0.6 is 0 Å². The monoisotopic (exact) mass is 433 g/mol. The summed E-state index contributed by atoms with van der Waals surface area (Å²) in [5.74, 6) is -0.200. The van der Waals surface area contributed by atoms with Gasteiger partial charge in [-0.1, -0.05) is 82.5 Å². The number of anilines is 2. The third kappa shape index (κ3) is 4.18. The number of carbonyl (C=O) groups is 2. The minimum atomic E-state index is -1.24. The van der Waals surface area contributed by atoms with Crippen LogP contribution in [0.5, 0.6) is 0 Å². The average molecular weight is 434 g/mol. The largest absolute Gasteiger partial charge is 0.364 e. The van der Waals surface area contributed by atoms with Crippen LogP contribution in [0.1, 0.15) is 58.4 Å². The van der Waals surface area contributed by atoms with E-state index in [9.17, 15) is 9.59 Å². The number of carbonyl (C=O) groups excluding carboxylic acids is 2. The van der Waals surface area contributed by atoms with Crippen molar-refractivity contribution in [1.29, 1.82) is 0 Å². The molecule has 1 atom stereocenters. The van der Waals surface area contributed by atoms with Crippen molar-refractivity contribution >= 4 is 23.1 Å². The molecule has 0 aromatic heterocycles. The van der Waals surface area contributed by atoms with E-state index in [2.05, 4.69) is 11.0 Å². The maximum absolute atomic E-state index is 14.1. The lowest BCUT2D eigenvalue weighted by atomic mass is 9.86. The van der Waals surface area contributed by atoms with Gasteiger partial charge in [0.15, 0.2) is 5.78 Å². The number of hydrogen-bond donors (Lipinski definition) is 1. The van der Waals surface area contributed by atoms with Gasteiger partial charge in [0.1, 0.15) is 5.54 Å². The van der Waals surface area contributed by atoms with E-state index in [0.29, 0.717) is 12.6 Å². The number of hydrogen-bond acceptors (Lipinski definition) is 4. The molecule has 4 rings (SSSR count). The van der Waals surface area contributed by atoms with Gasteiger partial charge in [-0.3, -0.25) is 9.59 Å². The molecule has 0 spiro atoms. The number of para-hydroxylation sites is 2. The van der Waals surface area contributed by atoms with E-state index in [1.807, 2.05) is 69.3 Å². The van der Waals surface area contributed by atoms with Crippen LogP contribution in [0.4, 0.5) is 11.4 Å². The second-order valence-electron chi connectivity index (χ2n) is 10.3. The van der Waals surface area contributed by atoms with Crippen LogP contribution in [0.15, 0.2) is 54.6 Å². The van der Waals surface area contributed by atoms with Crippen molar-refractivity contribution in [3.63, 3.8) is 0 Å². The average Bonchev–Trinajstić information content (AvgIpc) is 2.89. The third-order valence-corrected chi connectivity index (χ3v) is 6.97. The summed E-state index contributed by atoms with van der Waals surface area (Å²) in [7, 11) is 0. The Hall–Kier alpha value is -2.66. The Bertz CT molecular complexity index is 976. The molecule has 1 aliphatic carbocycles. The Morgan fingerprint density at radius 2 is 1.56 bits per heavy atom. The molecule has 1 amide bonds. The first kappa shape index (κ1) is 22.5. The number of Topliss-reactive ketones (excluding diaryl/α,β-unsaturated/α-hetero) is 1. The smallest absolute Gasteiger partial charge is 0.254 e. The second kappa shape index (κ2) is 8.70. The molecule has 5 nitrogen and oxygen atoms in total. The molecule has 2 N–H and O–H groups in total. The van der Waals surface area contributed by atoms with Crippen molar-refractivity contribution in [2.75, 3.05) is 22.9 Å². The Morgan fingerprint density at radius 3 is 2.19 bits per heavy atom. The summed E-state index contributed by atoms with van der Waals surface area (Å²) in [5, 5.41) is 0. The third-order valence-electron chi connectivity index (χ3n) is 6.97. The summed E-state index contributed by atoms with van der Waals surface area (Å²) in [6.45, 7) is 6.10. The minimum absolute atomic E-state index is 0.0159. The quantitative estimate of drug-likeness (QED) is 0.763. The molecule has 5 heteroatoms. The van der Waals surface area contributed by atoms with Gasteiger partial charge in [0, 0.05) is 18.0 Å². The molecule has 1 saturated carbocycles. The highest BCUT2D eigenvalue weighted by Gasteiger charge is 2.47. The first-order valence-electron chi connectivity index (χ1n) is 11.8. The van der Waals surface area contributed by atoms with Crippen molar-refractivity contribution in [2.24, 2.45) is 11.1 Å². The van der Waals surface area contributed by atoms with Crippen LogP contribution in [0.25, 0.3) is 0 Å². The molecule has 32 heavy (non-hydrogen) atoms. The Balaban J connectivity index is 1.86. The predicted molar refractivity (Wildman–Crippen MR) is 130 cm³/mol. The summed E-state index contributed by atoms with van der Waals surface area (Å²) >= 11 is 0. The van der Waals surface area contributed by atoms with Gasteiger partial charge < -0.3 is 15.5 Å². The number of benzene rings is 2. The first-order chi connectivity index (χ1) is 15.2. The van der Waals surface area contributed by atoms with E-state index in [1.165, 1.54) is 19.3 Å². The molecule has 1 aliphatic heterocycles. The predicted octanol–water partition coefficient (Wildman–Crippen LogP) is 4.64. The highest BCUT2D eigenvalue weighted by Crippen LogP contribution is 2.41. The van der Waals surface area contributed by atoms with Gasteiger partial charge in [0.05, 0.1) is 17.9 Å². The Morgan fingerprint density at radius 1 is 0.969 bits per heavy atom. The molecule has 2 aromatic rings. The van der Waals surface area contributed by atoms with Crippen LogP contribution in [0.3, 0.4) is 0 Å². The molecule has 1 unspecified atom stereocenters. The summed E-state index contributed by atoms with van der Waals surface area (Å²) in [6.07, 6.45) is 5.81. The summed E-state index contributed by atoms with van der Waals surface area (Å²) < 4.78 is 0. The molecular formula is C27H35N3O2. The van der Waals surface area contributed by atoms with Gasteiger partial charge in [0.2, 0.25) is 0 Å². The lowest BCUT2D eigenvalue weighted by molar-refractivity contribution is -0.129. The van der Waals surface area contributed by atoms with E-state index in [-0.39, 0.29) is 18.2 Å². The van der Waals surface area contributed by atoms with Crippen LogP contribution in [-0.2, 0) is 15.1 Å². The van der Waals surface area contributed by atoms with E-state index in [4.69, 9.17) is 5.73 Å². The molecule has 0 bridgehead atoms. The lowest BCUT2D eigenvalue weighted by Gasteiger charge is -2.40. The van der Waals surface area contributed by atoms with Gasteiger partial charge in [-0.05, 0) is 30.5 Å². The molecule has 1 fully saturated rings. The first-order valence-corrected chi connectivity index (χ1v) is 11.8. The van der Waals surface area contributed by atoms with Crippen molar-refractivity contribution in [1.82, 2.24) is 0 Å². The van der Waals surface area contributed by atoms with Crippen LogP contribution in [0.2, 0.25) is 0 Å². The summed E-state index contributed by atoms with van der Waals surface area (Å²) in [5.41, 5.74) is 7.81. The maximum atomic E-state index is 14.1. The lowest BCUT2D eigenvalue weighted by Crippen LogP contribution is -2.59. The highest BCUT2D eigenvalue weighted by atomic mass is 16.2. The fraction of sp³-hybridized carbons (Fsp3) is 0.481. The van der Waals surface area contributed by atoms with Crippen LogP contribution in [0, 0.1) is 5.41 Å². The molecule has 0 radical (unpaired) electrons. The van der Waals surface area contributed by atoms with Gasteiger partial charge >= 0.3 is 0 Å². The zero-order chi connectivity index (χ0) is 22.9. The van der Waals surface area contributed by atoms with Crippen molar-refractivity contribution in [2.45, 2.75) is 64.5 Å².